The van der Waals surface area contributed by atoms with Crippen molar-refractivity contribution in [1.29, 1.82) is 0 Å². The van der Waals surface area contributed by atoms with E-state index in [-0.39, 0.29) is 0 Å². The average Bonchev–Trinajstić information content (AvgIpc) is 2.70. The molecule has 3 heterocycles. The number of ether oxygens (including phenoxy) is 5. The highest BCUT2D eigenvalue weighted by molar-refractivity contribution is 5.73. The van der Waals surface area contributed by atoms with Gasteiger partial charge >= 0.3 is 5.97 Å². The van der Waals surface area contributed by atoms with E-state index in [0.717, 1.165) is 0 Å². The summed E-state index contributed by atoms with van der Waals surface area (Å²) in [4.78, 5) is 11.3. The van der Waals surface area contributed by atoms with E-state index in [9.17, 15) is 9.90 Å². The summed E-state index contributed by atoms with van der Waals surface area (Å²) in [5.74, 6) is -2.79. The van der Waals surface area contributed by atoms with Crippen LogP contribution in [-0.2, 0) is 28.5 Å². The molecule has 0 unspecified atom stereocenters. The van der Waals surface area contributed by atoms with Crippen LogP contribution in [0.2, 0.25) is 0 Å². The number of rotatable bonds is 1. The molecule has 3 aliphatic heterocycles. The van der Waals surface area contributed by atoms with Crippen LogP contribution in [0.1, 0.15) is 27.7 Å². The van der Waals surface area contributed by atoms with Crippen LogP contribution >= 0.6 is 0 Å². The summed E-state index contributed by atoms with van der Waals surface area (Å²) < 4.78 is 28.2. The Labute approximate surface area is 110 Å². The van der Waals surface area contributed by atoms with E-state index in [1.807, 2.05) is 0 Å². The summed E-state index contributed by atoms with van der Waals surface area (Å²) in [6, 6.07) is 0. The smallest absolute Gasteiger partial charge is 0.335 e. The van der Waals surface area contributed by atoms with Crippen molar-refractivity contribution in [2.24, 2.45) is 0 Å². The lowest BCUT2D eigenvalue weighted by atomic mass is 9.99. The fraction of sp³-hybridized carbons (Fsp3) is 0.917. The van der Waals surface area contributed by atoms with E-state index in [1.165, 1.54) is 0 Å². The van der Waals surface area contributed by atoms with E-state index in [2.05, 4.69) is 0 Å². The number of carboxylic acids is 1. The van der Waals surface area contributed by atoms with Crippen LogP contribution in [0.5, 0.6) is 0 Å². The van der Waals surface area contributed by atoms with Gasteiger partial charge in [-0.25, -0.2) is 4.79 Å². The topological polar surface area (TPSA) is 83.5 Å². The molecule has 0 spiro atoms. The third kappa shape index (κ3) is 2.15. The first-order valence-electron chi connectivity index (χ1n) is 6.28. The Morgan fingerprint density at radius 3 is 2.05 bits per heavy atom. The Morgan fingerprint density at radius 1 is 0.895 bits per heavy atom. The zero-order valence-electron chi connectivity index (χ0n) is 11.3. The molecule has 0 aliphatic carbocycles. The van der Waals surface area contributed by atoms with Gasteiger partial charge in [0.15, 0.2) is 24.0 Å². The summed E-state index contributed by atoms with van der Waals surface area (Å²) in [6.45, 7) is 6.97. The first kappa shape index (κ1) is 13.3. The third-order valence-corrected chi connectivity index (χ3v) is 3.40. The van der Waals surface area contributed by atoms with Crippen LogP contribution in [0.25, 0.3) is 0 Å². The molecule has 7 heteroatoms. The molecule has 7 nitrogen and oxygen atoms in total. The minimum Gasteiger partial charge on any atom is -0.479 e. The molecule has 19 heavy (non-hydrogen) atoms. The van der Waals surface area contributed by atoms with Crippen molar-refractivity contribution < 1.29 is 33.6 Å². The number of aliphatic carboxylic acids is 1. The van der Waals surface area contributed by atoms with Crippen LogP contribution in [0.3, 0.4) is 0 Å². The van der Waals surface area contributed by atoms with Crippen molar-refractivity contribution in [1.82, 2.24) is 0 Å². The van der Waals surface area contributed by atoms with Gasteiger partial charge in [0.05, 0.1) is 0 Å². The Balaban J connectivity index is 1.91. The second kappa shape index (κ2) is 3.89. The van der Waals surface area contributed by atoms with Gasteiger partial charge in [-0.2, -0.15) is 0 Å². The second-order valence-electron chi connectivity index (χ2n) is 5.93. The van der Waals surface area contributed by atoms with Gasteiger partial charge in [0.25, 0.3) is 0 Å². The van der Waals surface area contributed by atoms with Gasteiger partial charge in [0.2, 0.25) is 0 Å². The van der Waals surface area contributed by atoms with Gasteiger partial charge in [-0.15, -0.1) is 0 Å². The molecule has 0 aromatic carbocycles. The predicted molar refractivity (Wildman–Crippen MR) is 60.2 cm³/mol. The van der Waals surface area contributed by atoms with Crippen LogP contribution in [0.15, 0.2) is 0 Å². The molecule has 3 saturated heterocycles. The van der Waals surface area contributed by atoms with Crippen molar-refractivity contribution in [2.45, 2.75) is 70.0 Å². The Bertz CT molecular complexity index is 405. The highest BCUT2D eigenvalue weighted by atomic mass is 16.9. The molecular weight excluding hydrogens is 256 g/mol. The molecule has 5 atom stereocenters. The summed E-state index contributed by atoms with van der Waals surface area (Å²) >= 11 is 0. The van der Waals surface area contributed by atoms with E-state index in [4.69, 9.17) is 23.7 Å². The molecule has 0 saturated carbocycles. The summed E-state index contributed by atoms with van der Waals surface area (Å²) in [6.07, 6.45) is -3.58. The average molecular weight is 274 g/mol. The van der Waals surface area contributed by atoms with Crippen molar-refractivity contribution in [3.8, 4) is 0 Å². The van der Waals surface area contributed by atoms with Crippen LogP contribution in [0.4, 0.5) is 0 Å². The molecule has 0 aromatic heterocycles. The molecule has 3 aliphatic rings. The molecule has 0 radical (unpaired) electrons. The molecule has 108 valence electrons. The lowest BCUT2D eigenvalue weighted by Gasteiger charge is -2.35. The normalized spacial score (nSPS) is 46.6. The second-order valence-corrected chi connectivity index (χ2v) is 5.93. The highest BCUT2D eigenvalue weighted by Gasteiger charge is 2.62. The maximum absolute atomic E-state index is 11.3. The monoisotopic (exact) mass is 274 g/mol. The molecule has 1 N–H and O–H groups in total. The predicted octanol–water partition coefficient (Wildman–Crippen LogP) is 0.467. The summed E-state index contributed by atoms with van der Waals surface area (Å²) in [5.41, 5.74) is 0. The molecule has 0 bridgehead atoms. The Kier molecular flexibility index (Phi) is 2.72. The number of hydrogen-bond donors (Lipinski definition) is 1. The third-order valence-electron chi connectivity index (χ3n) is 3.40. The zero-order chi connectivity index (χ0) is 14.0. The number of hydrogen-bond acceptors (Lipinski definition) is 6. The van der Waals surface area contributed by atoms with E-state index < -0.39 is 48.2 Å². The van der Waals surface area contributed by atoms with Crippen LogP contribution in [0, 0.1) is 0 Å². The van der Waals surface area contributed by atoms with Gasteiger partial charge in [0.1, 0.15) is 18.3 Å². The molecule has 3 fully saturated rings. The lowest BCUT2D eigenvalue weighted by Crippen LogP contribution is -2.57. The minimum absolute atomic E-state index is 0.489. The Hall–Kier alpha value is -0.730. The fourth-order valence-electron chi connectivity index (χ4n) is 2.81. The van der Waals surface area contributed by atoms with Crippen LogP contribution < -0.4 is 0 Å². The van der Waals surface area contributed by atoms with Gasteiger partial charge in [0, 0.05) is 0 Å². The molecule has 0 aromatic rings. The molecule has 3 rings (SSSR count). The zero-order valence-corrected chi connectivity index (χ0v) is 11.3. The maximum Gasteiger partial charge on any atom is 0.335 e. The Morgan fingerprint density at radius 2 is 1.42 bits per heavy atom. The fourth-order valence-corrected chi connectivity index (χ4v) is 2.81. The van der Waals surface area contributed by atoms with Gasteiger partial charge in [-0.1, -0.05) is 0 Å². The standard InChI is InChI=1S/C12H18O7/c1-11(2)16-5-6(17-11)8-10(15-7(5)9(13)14)19-12(3,4)18-8/h5-8,10H,1-4H3,(H,13,14)/t5-,6+,7+,8-,10-/m1/s1. The highest BCUT2D eigenvalue weighted by Crippen LogP contribution is 2.43. The van der Waals surface area contributed by atoms with Crippen molar-refractivity contribution in [3.63, 3.8) is 0 Å². The van der Waals surface area contributed by atoms with Crippen molar-refractivity contribution >= 4 is 5.97 Å². The van der Waals surface area contributed by atoms with Gasteiger partial charge in [-0.05, 0) is 27.7 Å². The van der Waals surface area contributed by atoms with Gasteiger partial charge < -0.3 is 28.8 Å². The molecule has 0 amide bonds. The number of carboxylic acid groups (broad SMARTS) is 1. The molecular formula is C12H18O7. The summed E-state index contributed by atoms with van der Waals surface area (Å²) in [7, 11) is 0. The minimum atomic E-state index is -1.12. The van der Waals surface area contributed by atoms with E-state index >= 15 is 0 Å². The van der Waals surface area contributed by atoms with Gasteiger partial charge in [-0.3, -0.25) is 0 Å². The van der Waals surface area contributed by atoms with Crippen molar-refractivity contribution in [3.05, 3.63) is 0 Å². The van der Waals surface area contributed by atoms with Crippen molar-refractivity contribution in [2.75, 3.05) is 0 Å². The lowest BCUT2D eigenvalue weighted by molar-refractivity contribution is -0.237. The SMILES string of the molecule is CC1(C)O[C@H]2[C@@H](O1)[C@@H](C(=O)O)O[C@@H]1OC(C)(C)O[C@@H]12. The largest absolute Gasteiger partial charge is 0.479 e. The number of fused-ring (bicyclic) bond motifs is 3. The number of carbonyl (C=O) groups is 1. The van der Waals surface area contributed by atoms with E-state index in [0.29, 0.717) is 0 Å². The summed E-state index contributed by atoms with van der Waals surface area (Å²) in [5, 5.41) is 9.25. The first-order valence-corrected chi connectivity index (χ1v) is 6.28. The quantitative estimate of drug-likeness (QED) is 0.744. The van der Waals surface area contributed by atoms with E-state index in [1.54, 1.807) is 27.7 Å². The first-order chi connectivity index (χ1) is 8.69. The maximum atomic E-state index is 11.3. The van der Waals surface area contributed by atoms with Crippen LogP contribution in [-0.4, -0.2) is 53.4 Å².